The Balaban J connectivity index is 1.64. The quantitative estimate of drug-likeness (QED) is 0.331. The maximum absolute atomic E-state index is 13.8. The molecule has 2 aromatic carbocycles. The number of alkyl halides is 3. The first-order valence-corrected chi connectivity index (χ1v) is 13.5. The minimum Gasteiger partial charge on any atom is -0.484 e. The second kappa shape index (κ2) is 11.1. The lowest BCUT2D eigenvalue weighted by atomic mass is 10.1. The highest BCUT2D eigenvalue weighted by Gasteiger charge is 2.51. The molecule has 0 saturated heterocycles. The van der Waals surface area contributed by atoms with E-state index < -0.39 is 50.7 Å². The molecule has 220 valence electrons. The molecule has 11 nitrogen and oxygen atoms in total. The third-order valence-corrected chi connectivity index (χ3v) is 7.96. The van der Waals surface area contributed by atoms with E-state index in [4.69, 9.17) is 16.3 Å². The average Bonchev–Trinajstić information content (AvgIpc) is 3.42. The number of amides is 2. The smallest absolute Gasteiger partial charge is 0.427 e. The van der Waals surface area contributed by atoms with Gasteiger partial charge >= 0.3 is 12.3 Å². The fourth-order valence-corrected chi connectivity index (χ4v) is 5.38. The summed E-state index contributed by atoms with van der Waals surface area (Å²) >= 11 is 5.81. The number of hydrogen-bond acceptors (Lipinski definition) is 7. The summed E-state index contributed by atoms with van der Waals surface area (Å²) in [5.41, 5.74) is -2.79. The van der Waals surface area contributed by atoms with Crippen molar-refractivity contribution in [1.82, 2.24) is 15.5 Å². The van der Waals surface area contributed by atoms with E-state index in [0.717, 1.165) is 28.6 Å². The molecule has 2 amide bonds. The van der Waals surface area contributed by atoms with Crippen LogP contribution in [-0.4, -0.2) is 61.6 Å². The number of carbonyl (C=O) groups is 2. The molecule has 1 aromatic heterocycles. The van der Waals surface area contributed by atoms with Crippen molar-refractivity contribution < 1.29 is 45.0 Å². The van der Waals surface area contributed by atoms with Crippen LogP contribution in [0.5, 0.6) is 5.75 Å². The van der Waals surface area contributed by atoms with Gasteiger partial charge in [-0.1, -0.05) is 11.6 Å². The Bertz CT molecular complexity index is 1570. The molecule has 41 heavy (non-hydrogen) atoms. The van der Waals surface area contributed by atoms with E-state index in [-0.39, 0.29) is 40.7 Å². The summed E-state index contributed by atoms with van der Waals surface area (Å²) in [6.07, 6.45) is -4.56. The number of carbonyl (C=O) groups excluding carboxylic acids is 2. The minimum atomic E-state index is -4.85. The highest BCUT2D eigenvalue weighted by atomic mass is 35.5. The number of benzene rings is 2. The summed E-state index contributed by atoms with van der Waals surface area (Å²) in [4.78, 5) is 24.2. The molecule has 17 heteroatoms. The Labute approximate surface area is 235 Å². The van der Waals surface area contributed by atoms with Crippen molar-refractivity contribution in [3.63, 3.8) is 0 Å². The highest BCUT2D eigenvalue weighted by Crippen LogP contribution is 2.40. The van der Waals surface area contributed by atoms with Crippen molar-refractivity contribution in [3.05, 3.63) is 65.2 Å². The van der Waals surface area contributed by atoms with Crippen LogP contribution in [0.15, 0.2) is 53.7 Å². The van der Waals surface area contributed by atoms with Gasteiger partial charge in [-0.3, -0.25) is 19.5 Å². The molecule has 1 atom stereocenters. The number of halogens is 5. The fraction of sp³-hybridized carbons (Fsp3) is 0.292. The Morgan fingerprint density at radius 1 is 1.22 bits per heavy atom. The lowest BCUT2D eigenvalue weighted by molar-refractivity contribution is -0.242. The van der Waals surface area contributed by atoms with Crippen LogP contribution in [0.4, 0.5) is 33.7 Å². The molecule has 1 aliphatic heterocycles. The number of nitrogens with one attached hydrogen (secondary N) is 3. The van der Waals surface area contributed by atoms with E-state index in [1.165, 1.54) is 24.5 Å². The number of hydrogen-bond donors (Lipinski definition) is 3. The van der Waals surface area contributed by atoms with Gasteiger partial charge in [-0.15, -0.1) is 0 Å². The van der Waals surface area contributed by atoms with Gasteiger partial charge in [0.05, 0.1) is 40.5 Å². The van der Waals surface area contributed by atoms with Gasteiger partial charge in [0.1, 0.15) is 17.7 Å². The van der Waals surface area contributed by atoms with Gasteiger partial charge in [-0.25, -0.2) is 17.6 Å². The number of ether oxygens (including phenoxy) is 2. The van der Waals surface area contributed by atoms with E-state index in [1.807, 2.05) is 0 Å². The van der Waals surface area contributed by atoms with Crippen molar-refractivity contribution in [1.29, 1.82) is 0 Å². The van der Waals surface area contributed by atoms with Crippen LogP contribution >= 0.6 is 11.6 Å². The molecule has 0 bridgehead atoms. The van der Waals surface area contributed by atoms with Gasteiger partial charge in [0.15, 0.2) is 0 Å². The van der Waals surface area contributed by atoms with Crippen molar-refractivity contribution in [2.24, 2.45) is 0 Å². The van der Waals surface area contributed by atoms with Gasteiger partial charge in [0, 0.05) is 11.9 Å². The van der Waals surface area contributed by atoms with Crippen LogP contribution in [0.3, 0.4) is 0 Å². The summed E-state index contributed by atoms with van der Waals surface area (Å²) in [5, 5.41) is 10.5. The van der Waals surface area contributed by atoms with Crippen molar-refractivity contribution in [2.75, 3.05) is 22.7 Å². The monoisotopic (exact) mass is 619 g/mol. The van der Waals surface area contributed by atoms with Crippen LogP contribution in [0.1, 0.15) is 24.2 Å². The normalized spacial score (nSPS) is 15.5. The first-order valence-electron chi connectivity index (χ1n) is 11.7. The molecular weight excluding hydrogens is 598 g/mol. The van der Waals surface area contributed by atoms with E-state index in [9.17, 15) is 35.6 Å². The van der Waals surface area contributed by atoms with Crippen LogP contribution in [0.25, 0.3) is 0 Å². The van der Waals surface area contributed by atoms with Gasteiger partial charge in [-0.2, -0.15) is 18.3 Å². The average molecular weight is 620 g/mol. The van der Waals surface area contributed by atoms with Gasteiger partial charge in [-0.05, 0) is 50.2 Å². The number of aromatic nitrogens is 2. The van der Waals surface area contributed by atoms with Crippen LogP contribution in [0, 0.1) is 5.82 Å². The van der Waals surface area contributed by atoms with E-state index in [0.29, 0.717) is 13.8 Å². The van der Waals surface area contributed by atoms with Gasteiger partial charge < -0.3 is 14.8 Å². The zero-order valence-corrected chi connectivity index (χ0v) is 22.8. The number of rotatable bonds is 7. The molecular formula is C24H22ClF4N5O6S. The summed E-state index contributed by atoms with van der Waals surface area (Å²) in [7, 11) is -4.44. The van der Waals surface area contributed by atoms with Crippen LogP contribution < -0.4 is 19.7 Å². The topological polar surface area (TPSA) is 143 Å². The van der Waals surface area contributed by atoms with Crippen molar-refractivity contribution in [2.45, 2.75) is 36.6 Å². The van der Waals surface area contributed by atoms with E-state index in [2.05, 4.69) is 25.6 Å². The number of anilines is 2. The zero-order chi connectivity index (χ0) is 30.2. The molecule has 0 radical (unpaired) electrons. The van der Waals surface area contributed by atoms with Crippen molar-refractivity contribution >= 4 is 45.0 Å². The summed E-state index contributed by atoms with van der Waals surface area (Å²) < 4.78 is 91.7. The number of H-pyrrole nitrogens is 1. The fourth-order valence-electron chi connectivity index (χ4n) is 3.60. The zero-order valence-electron chi connectivity index (χ0n) is 21.3. The molecule has 0 saturated carbocycles. The first-order chi connectivity index (χ1) is 19.1. The SMILES string of the molecule is CC(C)(OC(=O)Nc1ccc2c(c1)N(S(=O)(=O)c1ccc(F)c(Cl)c1)C[C@H](CNC(=O)c1cn[nH]c1)O2)C(F)(F)F. The lowest BCUT2D eigenvalue weighted by Crippen LogP contribution is -2.48. The Kier molecular flexibility index (Phi) is 8.09. The van der Waals surface area contributed by atoms with E-state index in [1.54, 1.807) is 0 Å². The molecule has 3 aromatic rings. The maximum Gasteiger partial charge on any atom is 0.427 e. The molecule has 0 aliphatic carbocycles. The predicted octanol–water partition coefficient (Wildman–Crippen LogP) is 4.48. The van der Waals surface area contributed by atoms with Gasteiger partial charge in [0.25, 0.3) is 15.9 Å². The molecule has 3 N–H and O–H groups in total. The Morgan fingerprint density at radius 2 is 1.95 bits per heavy atom. The second-order valence-corrected chi connectivity index (χ2v) is 11.5. The van der Waals surface area contributed by atoms with Gasteiger partial charge in [0.2, 0.25) is 5.60 Å². The largest absolute Gasteiger partial charge is 0.484 e. The van der Waals surface area contributed by atoms with Crippen LogP contribution in [0.2, 0.25) is 5.02 Å². The highest BCUT2D eigenvalue weighted by molar-refractivity contribution is 7.92. The molecule has 0 spiro atoms. The minimum absolute atomic E-state index is 0.00475. The number of sulfonamides is 1. The lowest BCUT2D eigenvalue weighted by Gasteiger charge is -2.36. The number of aromatic amines is 1. The second-order valence-electron chi connectivity index (χ2n) is 9.25. The maximum atomic E-state index is 13.8. The molecule has 0 fully saturated rings. The van der Waals surface area contributed by atoms with E-state index >= 15 is 0 Å². The standard InChI is InChI=1S/C24H22ClF4N5O6S/c1-23(2,24(27,28)29)40-22(36)33-14-3-6-20-19(7-14)34(41(37,38)16-4-5-18(26)17(25)8-16)12-15(39-20)11-30-21(35)13-9-31-32-10-13/h3-10,15H,11-12H2,1-2H3,(H,30,35)(H,31,32)(H,33,36)/t15-/m0/s1. The Morgan fingerprint density at radius 3 is 2.59 bits per heavy atom. The Hall–Kier alpha value is -4.05. The predicted molar refractivity (Wildman–Crippen MR) is 138 cm³/mol. The molecule has 2 heterocycles. The van der Waals surface area contributed by atoms with Crippen molar-refractivity contribution in [3.8, 4) is 5.75 Å². The summed E-state index contributed by atoms with van der Waals surface area (Å²) in [5.74, 6) is -1.35. The summed E-state index contributed by atoms with van der Waals surface area (Å²) in [6.45, 7) is 0.839. The number of fused-ring (bicyclic) bond motifs is 1. The number of nitrogens with zero attached hydrogens (tertiary/aromatic N) is 2. The molecule has 0 unspecified atom stereocenters. The van der Waals surface area contributed by atoms with Crippen LogP contribution in [-0.2, 0) is 14.8 Å². The summed E-state index contributed by atoms with van der Waals surface area (Å²) in [6, 6.07) is 6.47. The first kappa shape index (κ1) is 29.9. The molecule has 1 aliphatic rings. The molecule has 4 rings (SSSR count). The third-order valence-electron chi connectivity index (χ3n) is 5.90. The third kappa shape index (κ3) is 6.48.